The van der Waals surface area contributed by atoms with Gasteiger partial charge < -0.3 is 24.8 Å². The van der Waals surface area contributed by atoms with Crippen molar-refractivity contribution in [2.45, 2.75) is 21.1 Å². The normalized spacial score (nSPS) is 16.0. The first-order valence-corrected chi connectivity index (χ1v) is 17.7. The van der Waals surface area contributed by atoms with Gasteiger partial charge >= 0.3 is 265 Å². The summed E-state index contributed by atoms with van der Waals surface area (Å²) in [5.74, 6) is 1.96. The third kappa shape index (κ3) is 5.46. The average molecular weight is 705 g/mol. The van der Waals surface area contributed by atoms with Gasteiger partial charge in [-0.05, 0) is 0 Å². The zero-order chi connectivity index (χ0) is 28.9. The van der Waals surface area contributed by atoms with Crippen LogP contribution in [0, 0.1) is 13.8 Å². The second kappa shape index (κ2) is 13.0. The Morgan fingerprint density at radius 2 is 0.911 bits per heavy atom. The summed E-state index contributed by atoms with van der Waals surface area (Å²) < 4.78 is 12.9. The largest absolute Gasteiger partial charge is 1.00 e. The molecule has 2 heterocycles. The molecule has 0 N–H and O–H groups in total. The van der Waals surface area contributed by atoms with Crippen molar-refractivity contribution in [2.24, 2.45) is 0 Å². The van der Waals surface area contributed by atoms with Gasteiger partial charge in [0.15, 0.2) is 0 Å². The van der Waals surface area contributed by atoms with Gasteiger partial charge in [0.25, 0.3) is 0 Å². The maximum atomic E-state index is 6.11. The number of fused-ring (bicyclic) bond motifs is 2. The minimum absolute atomic E-state index is 0. The van der Waals surface area contributed by atoms with Gasteiger partial charge in [0.1, 0.15) is 0 Å². The Balaban J connectivity index is 0.00000179. The van der Waals surface area contributed by atoms with Crippen molar-refractivity contribution in [3.63, 3.8) is 0 Å². The fraction of sp³-hybridized carbons (Fsp3) is 0.100. The predicted molar refractivity (Wildman–Crippen MR) is 172 cm³/mol. The topological polar surface area (TPSA) is 26.3 Å². The average Bonchev–Trinajstić information content (AvgIpc) is 3.85. The first-order chi connectivity index (χ1) is 21.2. The third-order valence-electron chi connectivity index (χ3n) is 8.89. The van der Waals surface area contributed by atoms with Crippen molar-refractivity contribution in [3.8, 4) is 22.3 Å². The van der Waals surface area contributed by atoms with Gasteiger partial charge in [-0.25, -0.2) is 0 Å². The molecule has 45 heavy (non-hydrogen) atoms. The minimum Gasteiger partial charge on any atom is -1.00 e. The standard InChI is InChI=1S/2C20H15O.2ClH.Zr/c2*1-14-9-10-16-12-17(19-8-5-11-21-19)13-18(16)20(14)15-6-3-2-4-7-15;;;/h2*2-13H,1H3;2*1H;/q;;;;+2/p-2. The van der Waals surface area contributed by atoms with Gasteiger partial charge in [0.05, 0.1) is 0 Å². The van der Waals surface area contributed by atoms with E-state index in [1.807, 2.05) is 12.1 Å². The zero-order valence-electron chi connectivity index (χ0n) is 24.9. The molecular weight excluding hydrogens is 675 g/mol. The Labute approximate surface area is 288 Å². The maximum absolute atomic E-state index is 6.11. The van der Waals surface area contributed by atoms with Crippen LogP contribution in [0.5, 0.6) is 0 Å². The van der Waals surface area contributed by atoms with Gasteiger partial charge in [0.2, 0.25) is 0 Å². The zero-order valence-corrected chi connectivity index (χ0v) is 28.9. The number of hydrogen-bond donors (Lipinski definition) is 0. The summed E-state index contributed by atoms with van der Waals surface area (Å²) in [7, 11) is 0. The number of furan rings is 2. The number of benzene rings is 4. The Morgan fingerprint density at radius 3 is 1.29 bits per heavy atom. The van der Waals surface area contributed by atoms with Crippen LogP contribution in [0.1, 0.15) is 52.2 Å². The molecule has 4 aromatic carbocycles. The first kappa shape index (κ1) is 31.4. The molecule has 2 aliphatic rings. The van der Waals surface area contributed by atoms with Crippen molar-refractivity contribution in [2.75, 3.05) is 0 Å². The molecule has 8 rings (SSSR count). The van der Waals surface area contributed by atoms with Crippen LogP contribution >= 0.6 is 0 Å². The Kier molecular flexibility index (Phi) is 9.07. The fourth-order valence-electron chi connectivity index (χ4n) is 6.93. The number of allylic oxidation sites excluding steroid dienone is 2. The maximum Gasteiger partial charge on any atom is -1.00 e. The molecule has 0 bridgehead atoms. The Bertz CT molecular complexity index is 1860. The molecule has 0 fully saturated rings. The molecule has 0 amide bonds. The van der Waals surface area contributed by atoms with Crippen LogP contribution in [0.2, 0.25) is 0 Å². The van der Waals surface area contributed by atoms with Crippen LogP contribution in [0.25, 0.3) is 45.6 Å². The van der Waals surface area contributed by atoms with E-state index in [0.717, 1.165) is 11.5 Å². The SMILES string of the molecule is Cc1ccc2c(c1-c1ccccc1)C=C(c1ccco1)[CH]2[Zr+2][CH]1C(c2ccco2)=Cc2c1ccc(C)c2-c1ccccc1.[Cl-].[Cl-]. The van der Waals surface area contributed by atoms with Crippen molar-refractivity contribution in [1.82, 2.24) is 0 Å². The van der Waals surface area contributed by atoms with Crippen molar-refractivity contribution < 1.29 is 56.9 Å². The molecule has 2 unspecified atom stereocenters. The van der Waals surface area contributed by atoms with E-state index in [-0.39, 0.29) is 24.8 Å². The van der Waals surface area contributed by atoms with E-state index in [4.69, 9.17) is 8.83 Å². The van der Waals surface area contributed by atoms with Crippen LogP contribution in [-0.4, -0.2) is 0 Å². The minimum atomic E-state index is -1.26. The van der Waals surface area contributed by atoms with Crippen LogP contribution in [-0.2, 0) is 23.2 Å². The van der Waals surface area contributed by atoms with E-state index in [1.165, 1.54) is 66.8 Å². The van der Waals surface area contributed by atoms with E-state index in [0.29, 0.717) is 7.25 Å². The second-order valence-corrected chi connectivity index (χ2v) is 15.1. The van der Waals surface area contributed by atoms with Gasteiger partial charge in [-0.2, -0.15) is 0 Å². The van der Waals surface area contributed by atoms with Gasteiger partial charge in [-0.3, -0.25) is 0 Å². The Morgan fingerprint density at radius 1 is 0.489 bits per heavy atom. The second-order valence-electron chi connectivity index (χ2n) is 11.4. The Hall–Kier alpha value is -3.62. The molecule has 0 aliphatic heterocycles. The summed E-state index contributed by atoms with van der Waals surface area (Å²) in [5.41, 5.74) is 16.0. The molecule has 2 atom stereocenters. The van der Waals surface area contributed by atoms with E-state index in [1.54, 1.807) is 12.5 Å². The summed E-state index contributed by atoms with van der Waals surface area (Å²) in [5, 5.41) is 0. The van der Waals surface area contributed by atoms with Crippen LogP contribution in [0.15, 0.2) is 131 Å². The van der Waals surface area contributed by atoms with Crippen LogP contribution in [0.3, 0.4) is 0 Å². The summed E-state index contributed by atoms with van der Waals surface area (Å²) in [4.78, 5) is 0. The predicted octanol–water partition coefficient (Wildman–Crippen LogP) is 4.80. The third-order valence-corrected chi connectivity index (χ3v) is 13.6. The van der Waals surface area contributed by atoms with E-state index >= 15 is 0 Å². The number of hydrogen-bond acceptors (Lipinski definition) is 2. The fourth-order valence-corrected chi connectivity index (χ4v) is 11.9. The smallest absolute Gasteiger partial charge is 1.00 e. The van der Waals surface area contributed by atoms with Gasteiger partial charge in [0, 0.05) is 0 Å². The molecule has 220 valence electrons. The molecule has 5 heteroatoms. The molecule has 2 nitrogen and oxygen atoms in total. The molecule has 0 radical (unpaired) electrons. The molecule has 2 aromatic heterocycles. The molecule has 6 aromatic rings. The summed E-state index contributed by atoms with van der Waals surface area (Å²) in [6.45, 7) is 4.46. The molecule has 0 saturated heterocycles. The van der Waals surface area contributed by atoms with Crippen LogP contribution < -0.4 is 24.8 Å². The van der Waals surface area contributed by atoms with Gasteiger partial charge in [-0.1, -0.05) is 0 Å². The molecule has 0 saturated carbocycles. The monoisotopic (exact) mass is 702 g/mol. The summed E-state index contributed by atoms with van der Waals surface area (Å²) in [6.07, 6.45) is 8.45. The van der Waals surface area contributed by atoms with E-state index in [2.05, 4.69) is 123 Å². The summed E-state index contributed by atoms with van der Waals surface area (Å²) >= 11 is -1.26. The molecular formula is C40H30Cl2O2Zr. The van der Waals surface area contributed by atoms with E-state index in [9.17, 15) is 0 Å². The quantitative estimate of drug-likeness (QED) is 0.249. The van der Waals surface area contributed by atoms with E-state index < -0.39 is 23.2 Å². The molecule has 2 aliphatic carbocycles. The van der Waals surface area contributed by atoms with Crippen LogP contribution in [0.4, 0.5) is 0 Å². The van der Waals surface area contributed by atoms with Crippen molar-refractivity contribution in [1.29, 1.82) is 0 Å². The van der Waals surface area contributed by atoms with Gasteiger partial charge in [-0.15, -0.1) is 0 Å². The number of halogens is 2. The molecule has 0 spiro atoms. The summed E-state index contributed by atoms with van der Waals surface area (Å²) in [6, 6.07) is 39.3. The number of aryl methyl sites for hydroxylation is 2. The number of rotatable bonds is 6. The van der Waals surface area contributed by atoms with Crippen molar-refractivity contribution in [3.05, 3.63) is 167 Å². The van der Waals surface area contributed by atoms with Crippen molar-refractivity contribution >= 4 is 23.3 Å². The first-order valence-electron chi connectivity index (χ1n) is 14.8.